The van der Waals surface area contributed by atoms with Crippen molar-refractivity contribution in [1.29, 1.82) is 0 Å². The van der Waals surface area contributed by atoms with E-state index in [0.717, 1.165) is 68.3 Å². The van der Waals surface area contributed by atoms with Gasteiger partial charge in [-0.3, -0.25) is 9.69 Å². The van der Waals surface area contributed by atoms with E-state index in [2.05, 4.69) is 82.7 Å². The summed E-state index contributed by atoms with van der Waals surface area (Å²) in [5.41, 5.74) is 8.30. The first-order valence-electron chi connectivity index (χ1n) is 14.1. The van der Waals surface area contributed by atoms with Gasteiger partial charge in [-0.1, -0.05) is 92.6 Å². The summed E-state index contributed by atoms with van der Waals surface area (Å²) in [6.07, 6.45) is 3.28. The first-order chi connectivity index (χ1) is 18.7. The number of unbranched alkanes of at least 4 members (excludes halogenated alkanes) is 1. The Morgan fingerprint density at radius 2 is 1.71 bits per heavy atom. The Kier molecular flexibility index (Phi) is 8.69. The molecule has 0 spiro atoms. The molecule has 1 saturated heterocycles. The Morgan fingerprint density at radius 3 is 2.53 bits per heavy atom. The van der Waals surface area contributed by atoms with Crippen LogP contribution in [0.15, 0.2) is 84.9 Å². The zero-order valence-electron chi connectivity index (χ0n) is 22.5. The Morgan fingerprint density at radius 1 is 0.947 bits per heavy atom. The molecule has 2 atom stereocenters. The normalized spacial score (nSPS) is 17.2. The van der Waals surface area contributed by atoms with Crippen LogP contribution in [0.3, 0.4) is 0 Å². The van der Waals surface area contributed by atoms with Crippen LogP contribution < -0.4 is 11.1 Å². The van der Waals surface area contributed by atoms with E-state index in [4.69, 9.17) is 5.73 Å². The Balaban J connectivity index is 1.24. The summed E-state index contributed by atoms with van der Waals surface area (Å²) in [5, 5.41) is 8.37. The van der Waals surface area contributed by atoms with Crippen molar-refractivity contribution in [2.75, 3.05) is 32.7 Å². The number of hydrogen-bond donors (Lipinski definition) is 2. The van der Waals surface area contributed by atoms with E-state index in [1.54, 1.807) is 0 Å². The van der Waals surface area contributed by atoms with Crippen molar-refractivity contribution in [2.24, 2.45) is 5.73 Å². The summed E-state index contributed by atoms with van der Waals surface area (Å²) in [7, 11) is 0. The zero-order valence-corrected chi connectivity index (χ0v) is 22.5. The van der Waals surface area contributed by atoms with Crippen LogP contribution in [0.4, 0.5) is 0 Å². The minimum atomic E-state index is 0.160. The maximum atomic E-state index is 13.8. The van der Waals surface area contributed by atoms with Crippen molar-refractivity contribution in [3.63, 3.8) is 0 Å². The van der Waals surface area contributed by atoms with Gasteiger partial charge >= 0.3 is 0 Å². The van der Waals surface area contributed by atoms with Gasteiger partial charge in [-0.2, -0.15) is 0 Å². The van der Waals surface area contributed by atoms with Gasteiger partial charge in [0.15, 0.2) is 0 Å². The molecule has 5 heteroatoms. The molecule has 0 aliphatic carbocycles. The molecule has 5 rings (SSSR count). The molecular weight excluding hydrogens is 468 g/mol. The number of carbonyl (C=O) groups excluding carboxylic acids is 1. The van der Waals surface area contributed by atoms with Crippen molar-refractivity contribution < 1.29 is 4.79 Å². The lowest BCUT2D eigenvalue weighted by Crippen LogP contribution is -2.58. The number of nitrogens with two attached hydrogens (primary N) is 1. The quantitative estimate of drug-likeness (QED) is 0.300. The third kappa shape index (κ3) is 6.07. The van der Waals surface area contributed by atoms with Crippen molar-refractivity contribution >= 4 is 27.5 Å². The molecule has 1 aliphatic heterocycles. The number of nitrogens with zero attached hydrogens (tertiary/aromatic N) is 2. The maximum Gasteiger partial charge on any atom is 0.254 e. The summed E-state index contributed by atoms with van der Waals surface area (Å²) in [6.45, 7) is 7.01. The molecule has 0 bridgehead atoms. The Bertz CT molecular complexity index is 1360. The van der Waals surface area contributed by atoms with Gasteiger partial charge in [-0.05, 0) is 45.7 Å². The van der Waals surface area contributed by atoms with Gasteiger partial charge in [0, 0.05) is 56.9 Å². The van der Waals surface area contributed by atoms with Gasteiger partial charge in [0.25, 0.3) is 5.91 Å². The molecule has 0 aromatic heterocycles. The second-order valence-corrected chi connectivity index (χ2v) is 10.6. The SMILES string of the molecule is CCCCC1CN(CC(CN)NCc2ccc3ccccc3c2)CCN1C(=O)c1cccc2ccccc12. The lowest BCUT2D eigenvalue weighted by Gasteiger charge is -2.43. The monoisotopic (exact) mass is 508 g/mol. The summed E-state index contributed by atoms with van der Waals surface area (Å²) >= 11 is 0. The number of piperazine rings is 1. The van der Waals surface area contributed by atoms with Crippen LogP contribution in [-0.4, -0.2) is 60.5 Å². The predicted octanol–water partition coefficient (Wildman–Crippen LogP) is 5.43. The van der Waals surface area contributed by atoms with Crippen LogP contribution in [-0.2, 0) is 6.54 Å². The topological polar surface area (TPSA) is 61.6 Å². The number of rotatable bonds is 10. The zero-order chi connectivity index (χ0) is 26.3. The molecule has 0 saturated carbocycles. The van der Waals surface area contributed by atoms with Crippen molar-refractivity contribution in [3.8, 4) is 0 Å². The predicted molar refractivity (Wildman–Crippen MR) is 158 cm³/mol. The number of fused-ring (bicyclic) bond motifs is 2. The van der Waals surface area contributed by atoms with Gasteiger partial charge < -0.3 is 16.0 Å². The fraction of sp³-hybridized carbons (Fsp3) is 0.364. The lowest BCUT2D eigenvalue weighted by atomic mass is 10.00. The minimum Gasteiger partial charge on any atom is -0.333 e. The van der Waals surface area contributed by atoms with Crippen LogP contribution in [0.2, 0.25) is 0 Å². The summed E-state index contributed by atoms with van der Waals surface area (Å²) < 4.78 is 0. The molecule has 3 N–H and O–H groups in total. The van der Waals surface area contributed by atoms with E-state index in [1.807, 2.05) is 24.3 Å². The van der Waals surface area contributed by atoms with Crippen molar-refractivity contribution in [1.82, 2.24) is 15.1 Å². The highest BCUT2D eigenvalue weighted by Gasteiger charge is 2.32. The lowest BCUT2D eigenvalue weighted by molar-refractivity contribution is 0.0414. The van der Waals surface area contributed by atoms with Crippen LogP contribution >= 0.6 is 0 Å². The standard InChI is InChI=1S/C33H40N4O/c1-2-3-13-30-24-36(18-19-37(30)33(38)32-15-8-12-27-10-6-7-14-31(27)32)23-29(21-34)35-22-25-16-17-26-9-4-5-11-28(26)20-25/h4-12,14-17,20,29-30,35H,2-3,13,18-19,21-24,34H2,1H3. The highest BCUT2D eigenvalue weighted by Crippen LogP contribution is 2.24. The van der Waals surface area contributed by atoms with Gasteiger partial charge in [0.05, 0.1) is 0 Å². The average Bonchev–Trinajstić information content (AvgIpc) is 2.97. The molecule has 2 unspecified atom stereocenters. The largest absolute Gasteiger partial charge is 0.333 e. The van der Waals surface area contributed by atoms with Crippen LogP contribution in [0.5, 0.6) is 0 Å². The smallest absolute Gasteiger partial charge is 0.254 e. The van der Waals surface area contributed by atoms with E-state index < -0.39 is 0 Å². The fourth-order valence-corrected chi connectivity index (χ4v) is 5.75. The molecule has 5 nitrogen and oxygen atoms in total. The highest BCUT2D eigenvalue weighted by atomic mass is 16.2. The van der Waals surface area contributed by atoms with Crippen molar-refractivity contribution in [3.05, 3.63) is 96.1 Å². The van der Waals surface area contributed by atoms with Crippen LogP contribution in [0, 0.1) is 0 Å². The third-order valence-electron chi connectivity index (χ3n) is 7.91. The second kappa shape index (κ2) is 12.5. The third-order valence-corrected chi connectivity index (χ3v) is 7.91. The van der Waals surface area contributed by atoms with E-state index >= 15 is 0 Å². The maximum absolute atomic E-state index is 13.8. The fourth-order valence-electron chi connectivity index (χ4n) is 5.75. The number of amides is 1. The second-order valence-electron chi connectivity index (χ2n) is 10.6. The van der Waals surface area contributed by atoms with E-state index in [0.29, 0.717) is 6.54 Å². The van der Waals surface area contributed by atoms with Gasteiger partial charge in [0.2, 0.25) is 0 Å². The van der Waals surface area contributed by atoms with Crippen molar-refractivity contribution in [2.45, 2.75) is 44.8 Å². The van der Waals surface area contributed by atoms with E-state index in [-0.39, 0.29) is 18.0 Å². The Labute approximate surface area is 226 Å². The minimum absolute atomic E-state index is 0.160. The molecule has 4 aromatic rings. The number of benzene rings is 4. The molecule has 198 valence electrons. The summed E-state index contributed by atoms with van der Waals surface area (Å²) in [5.74, 6) is 0.160. The van der Waals surface area contributed by atoms with E-state index in [9.17, 15) is 4.79 Å². The molecule has 0 radical (unpaired) electrons. The Hall–Kier alpha value is -3.25. The molecule has 38 heavy (non-hydrogen) atoms. The summed E-state index contributed by atoms with van der Waals surface area (Å²) in [6, 6.07) is 29.8. The first kappa shape index (κ1) is 26.4. The highest BCUT2D eigenvalue weighted by molar-refractivity contribution is 6.07. The summed E-state index contributed by atoms with van der Waals surface area (Å²) in [4.78, 5) is 18.4. The average molecular weight is 509 g/mol. The number of nitrogens with one attached hydrogen (secondary N) is 1. The molecule has 1 aliphatic rings. The molecule has 1 heterocycles. The van der Waals surface area contributed by atoms with Gasteiger partial charge in [-0.25, -0.2) is 0 Å². The van der Waals surface area contributed by atoms with Crippen LogP contribution in [0.25, 0.3) is 21.5 Å². The van der Waals surface area contributed by atoms with Gasteiger partial charge in [-0.15, -0.1) is 0 Å². The van der Waals surface area contributed by atoms with E-state index in [1.165, 1.54) is 16.3 Å². The molecule has 4 aromatic carbocycles. The molecule has 1 amide bonds. The van der Waals surface area contributed by atoms with Crippen LogP contribution in [0.1, 0.15) is 42.1 Å². The van der Waals surface area contributed by atoms with Gasteiger partial charge in [0.1, 0.15) is 0 Å². The number of hydrogen-bond acceptors (Lipinski definition) is 4. The first-order valence-corrected chi connectivity index (χ1v) is 14.1. The molecule has 1 fully saturated rings. The number of carbonyl (C=O) groups is 1. The molecular formula is C33H40N4O.